The molecule has 0 fully saturated rings. The molecule has 2 aromatic carbocycles. The fourth-order valence-corrected chi connectivity index (χ4v) is 3.15. The van der Waals surface area contributed by atoms with Gasteiger partial charge in [0, 0.05) is 12.8 Å². The van der Waals surface area contributed by atoms with E-state index < -0.39 is 5.97 Å². The van der Waals surface area contributed by atoms with Crippen LogP contribution in [-0.2, 0) is 9.59 Å². The van der Waals surface area contributed by atoms with Gasteiger partial charge < -0.3 is 10.4 Å². The molecule has 0 aliphatic heterocycles. The van der Waals surface area contributed by atoms with Gasteiger partial charge >= 0.3 is 5.97 Å². The molecule has 0 aromatic heterocycles. The number of carbonyl (C=O) groups is 2. The number of carboxylic acid groups (broad SMARTS) is 1. The average molecular weight is 382 g/mol. The molecule has 4 heteroatoms. The van der Waals surface area contributed by atoms with Gasteiger partial charge in [-0.1, -0.05) is 68.4 Å². The van der Waals surface area contributed by atoms with Gasteiger partial charge in [0.2, 0.25) is 0 Å². The van der Waals surface area contributed by atoms with Crippen LogP contribution in [0.2, 0.25) is 0 Å². The van der Waals surface area contributed by atoms with Gasteiger partial charge in [-0.15, -0.1) is 0 Å². The summed E-state index contributed by atoms with van der Waals surface area (Å²) >= 11 is 0. The highest BCUT2D eigenvalue weighted by Crippen LogP contribution is 2.23. The van der Waals surface area contributed by atoms with Gasteiger partial charge in [0.05, 0.1) is 6.04 Å². The van der Waals surface area contributed by atoms with Gasteiger partial charge in [-0.2, -0.15) is 0 Å². The number of Topliss-reactive ketones (excluding diaryl/α,β-unsaturated/α-hetero) is 1. The second-order valence-corrected chi connectivity index (χ2v) is 7.62. The van der Waals surface area contributed by atoms with Crippen molar-refractivity contribution in [3.8, 4) is 11.1 Å². The minimum absolute atomic E-state index is 0.116. The van der Waals surface area contributed by atoms with Crippen LogP contribution in [0, 0.1) is 5.92 Å². The molecule has 0 saturated heterocycles. The highest BCUT2D eigenvalue weighted by Gasteiger charge is 2.20. The van der Waals surface area contributed by atoms with Crippen molar-refractivity contribution in [2.24, 2.45) is 5.92 Å². The Kier molecular flexibility index (Phi) is 8.89. The van der Waals surface area contributed by atoms with E-state index in [4.69, 9.17) is 5.11 Å². The molecular weight excluding hydrogens is 350 g/mol. The largest absolute Gasteiger partial charge is 0.481 e. The summed E-state index contributed by atoms with van der Waals surface area (Å²) in [6.07, 6.45) is 2.66. The molecule has 150 valence electrons. The summed E-state index contributed by atoms with van der Waals surface area (Å²) in [7, 11) is 0. The second kappa shape index (κ2) is 11.4. The zero-order chi connectivity index (χ0) is 20.4. The van der Waals surface area contributed by atoms with Crippen molar-refractivity contribution in [2.75, 3.05) is 6.54 Å². The molecule has 0 aliphatic rings. The highest BCUT2D eigenvalue weighted by molar-refractivity contribution is 5.85. The van der Waals surface area contributed by atoms with Crippen LogP contribution in [0.4, 0.5) is 0 Å². The molecule has 1 atom stereocenters. The molecular formula is C24H31NO3. The molecule has 1 unspecified atom stereocenters. The third kappa shape index (κ3) is 7.28. The van der Waals surface area contributed by atoms with Crippen molar-refractivity contribution in [1.29, 1.82) is 0 Å². The molecule has 28 heavy (non-hydrogen) atoms. The standard InChI is InChI=1S/C24H31NO3/c1-18(2)16-17-25-24(22(26)10-6-7-11-23(27)28)21-14-12-20(13-15-21)19-8-4-3-5-9-19/h3-5,8-9,12-15,18,24-25H,6-7,10-11,16-17H2,1-2H3,(H,27,28). The molecule has 0 spiro atoms. The lowest BCUT2D eigenvalue weighted by atomic mass is 9.96. The van der Waals surface area contributed by atoms with Gasteiger partial charge in [0.25, 0.3) is 0 Å². The number of hydrogen-bond acceptors (Lipinski definition) is 3. The van der Waals surface area contributed by atoms with Crippen LogP contribution in [0.1, 0.15) is 57.6 Å². The number of rotatable bonds is 12. The zero-order valence-electron chi connectivity index (χ0n) is 16.9. The predicted octanol–water partition coefficient (Wildman–Crippen LogP) is 5.24. The Morgan fingerprint density at radius 3 is 2.11 bits per heavy atom. The van der Waals surface area contributed by atoms with Gasteiger partial charge in [0.1, 0.15) is 0 Å². The fourth-order valence-electron chi connectivity index (χ4n) is 3.15. The molecule has 4 nitrogen and oxygen atoms in total. The summed E-state index contributed by atoms with van der Waals surface area (Å²) in [6, 6.07) is 18.0. The number of nitrogens with one attached hydrogen (secondary N) is 1. The average Bonchev–Trinajstić information content (AvgIpc) is 2.69. The van der Waals surface area contributed by atoms with E-state index in [1.807, 2.05) is 30.3 Å². The summed E-state index contributed by atoms with van der Waals surface area (Å²) in [5.41, 5.74) is 3.24. The normalized spacial score (nSPS) is 12.1. The van der Waals surface area contributed by atoms with Crippen LogP contribution in [0.3, 0.4) is 0 Å². The lowest BCUT2D eigenvalue weighted by molar-refractivity contribution is -0.137. The van der Waals surface area contributed by atoms with Crippen molar-refractivity contribution in [1.82, 2.24) is 5.32 Å². The summed E-state index contributed by atoms with van der Waals surface area (Å²) < 4.78 is 0. The molecule has 2 rings (SSSR count). The highest BCUT2D eigenvalue weighted by atomic mass is 16.4. The zero-order valence-corrected chi connectivity index (χ0v) is 16.9. The van der Waals surface area contributed by atoms with E-state index in [-0.39, 0.29) is 18.2 Å². The van der Waals surface area contributed by atoms with Crippen molar-refractivity contribution in [3.05, 3.63) is 60.2 Å². The van der Waals surface area contributed by atoms with E-state index in [1.54, 1.807) is 0 Å². The first-order chi connectivity index (χ1) is 13.5. The first-order valence-electron chi connectivity index (χ1n) is 10.1. The smallest absolute Gasteiger partial charge is 0.303 e. The van der Waals surface area contributed by atoms with E-state index in [0.29, 0.717) is 25.2 Å². The van der Waals surface area contributed by atoms with Gasteiger partial charge in [-0.05, 0) is 48.4 Å². The van der Waals surface area contributed by atoms with Crippen molar-refractivity contribution in [2.45, 2.75) is 52.0 Å². The summed E-state index contributed by atoms with van der Waals surface area (Å²) in [5, 5.41) is 12.2. The van der Waals surface area contributed by atoms with E-state index in [9.17, 15) is 9.59 Å². The Balaban J connectivity index is 2.06. The number of carbonyl (C=O) groups excluding carboxylic acids is 1. The van der Waals surface area contributed by atoms with Gasteiger partial charge in [-0.25, -0.2) is 0 Å². The first-order valence-corrected chi connectivity index (χ1v) is 10.1. The van der Waals surface area contributed by atoms with E-state index in [1.165, 1.54) is 0 Å². The molecule has 0 heterocycles. The van der Waals surface area contributed by atoms with Crippen LogP contribution >= 0.6 is 0 Å². The molecule has 0 aliphatic carbocycles. The monoisotopic (exact) mass is 381 g/mol. The minimum atomic E-state index is -0.810. The molecule has 0 radical (unpaired) electrons. The molecule has 0 amide bonds. The number of carboxylic acids is 1. The van der Waals surface area contributed by atoms with E-state index >= 15 is 0 Å². The number of benzene rings is 2. The Morgan fingerprint density at radius 1 is 0.893 bits per heavy atom. The molecule has 0 bridgehead atoms. The third-order valence-electron chi connectivity index (χ3n) is 4.81. The number of hydrogen-bond donors (Lipinski definition) is 2. The van der Waals surface area contributed by atoms with Crippen LogP contribution in [0.25, 0.3) is 11.1 Å². The predicted molar refractivity (Wildman–Crippen MR) is 113 cm³/mol. The van der Waals surface area contributed by atoms with Crippen LogP contribution in [0.15, 0.2) is 54.6 Å². The number of aliphatic carboxylic acids is 1. The van der Waals surface area contributed by atoms with Gasteiger partial charge in [-0.3, -0.25) is 9.59 Å². The Labute approximate surface area is 168 Å². The Bertz CT molecular complexity index is 738. The maximum atomic E-state index is 12.8. The molecule has 2 N–H and O–H groups in total. The summed E-state index contributed by atoms with van der Waals surface area (Å²) in [6.45, 7) is 5.11. The molecule has 0 saturated carbocycles. The van der Waals surface area contributed by atoms with E-state index in [0.717, 1.165) is 29.7 Å². The number of ketones is 1. The summed E-state index contributed by atoms with van der Waals surface area (Å²) in [4.78, 5) is 23.5. The quantitative estimate of drug-likeness (QED) is 0.493. The third-order valence-corrected chi connectivity index (χ3v) is 4.81. The SMILES string of the molecule is CC(C)CCNC(C(=O)CCCCC(=O)O)c1ccc(-c2ccccc2)cc1. The lowest BCUT2D eigenvalue weighted by Crippen LogP contribution is -2.30. The second-order valence-electron chi connectivity index (χ2n) is 7.62. The van der Waals surface area contributed by atoms with E-state index in [2.05, 4.69) is 43.4 Å². The topological polar surface area (TPSA) is 66.4 Å². The maximum Gasteiger partial charge on any atom is 0.303 e. The van der Waals surface area contributed by atoms with Crippen molar-refractivity contribution in [3.63, 3.8) is 0 Å². The van der Waals surface area contributed by atoms with Gasteiger partial charge in [0.15, 0.2) is 5.78 Å². The van der Waals surface area contributed by atoms with Crippen LogP contribution in [0.5, 0.6) is 0 Å². The fraction of sp³-hybridized carbons (Fsp3) is 0.417. The lowest BCUT2D eigenvalue weighted by Gasteiger charge is -2.19. The summed E-state index contributed by atoms with van der Waals surface area (Å²) in [5.74, 6) is -0.114. The Hall–Kier alpha value is -2.46. The first kappa shape index (κ1) is 21.8. The van der Waals surface area contributed by atoms with Crippen LogP contribution < -0.4 is 5.32 Å². The van der Waals surface area contributed by atoms with Crippen molar-refractivity contribution < 1.29 is 14.7 Å². The van der Waals surface area contributed by atoms with Crippen LogP contribution in [-0.4, -0.2) is 23.4 Å². The Morgan fingerprint density at radius 2 is 1.50 bits per heavy atom. The minimum Gasteiger partial charge on any atom is -0.481 e. The van der Waals surface area contributed by atoms with Crippen molar-refractivity contribution >= 4 is 11.8 Å². The number of unbranched alkanes of at least 4 members (excludes halogenated alkanes) is 1. The maximum absolute atomic E-state index is 12.8. The molecule has 2 aromatic rings.